The van der Waals surface area contributed by atoms with Gasteiger partial charge in [-0.15, -0.1) is 12.4 Å². The van der Waals surface area contributed by atoms with Gasteiger partial charge in [0.15, 0.2) is 0 Å². The number of aromatic hydroxyl groups is 1. The number of hydrogen-bond acceptors (Lipinski definition) is 3. The first-order chi connectivity index (χ1) is 9.37. The first-order valence-corrected chi connectivity index (χ1v) is 6.68. The number of nitrogens with zero attached hydrogens (tertiary/aromatic N) is 1. The number of phenolic OH excluding ortho intramolecular Hbond substituents is 1. The zero-order valence-electron chi connectivity index (χ0n) is 11.8. The summed E-state index contributed by atoms with van der Waals surface area (Å²) in [6.45, 7) is 4.25. The van der Waals surface area contributed by atoms with Crippen LogP contribution in [0.2, 0.25) is 0 Å². The summed E-state index contributed by atoms with van der Waals surface area (Å²) in [7, 11) is 0. The van der Waals surface area contributed by atoms with Crippen LogP contribution in [0, 0.1) is 6.92 Å². The molecule has 0 aromatic heterocycles. The minimum Gasteiger partial charge on any atom is -0.508 e. The fourth-order valence-corrected chi connectivity index (χ4v) is 2.59. The summed E-state index contributed by atoms with van der Waals surface area (Å²) in [5, 5.41) is 13.0. The molecule has 1 atom stereocenters. The van der Waals surface area contributed by atoms with Crippen LogP contribution < -0.4 is 5.32 Å². The van der Waals surface area contributed by atoms with Crippen LogP contribution in [-0.4, -0.2) is 42.4 Å². The van der Waals surface area contributed by atoms with Crippen LogP contribution in [0.4, 0.5) is 13.2 Å². The van der Waals surface area contributed by atoms with Crippen molar-refractivity contribution in [2.75, 3.05) is 26.2 Å². The molecule has 1 aliphatic rings. The normalized spacial score (nSPS) is 18.1. The lowest BCUT2D eigenvalue weighted by Crippen LogP contribution is -2.46. The topological polar surface area (TPSA) is 35.5 Å². The lowest BCUT2D eigenvalue weighted by atomic mass is 9.98. The molecule has 3 nitrogen and oxygen atoms in total. The zero-order chi connectivity index (χ0) is 14.8. The maximum absolute atomic E-state index is 12.9. The molecule has 0 saturated carbocycles. The van der Waals surface area contributed by atoms with Gasteiger partial charge in [-0.1, -0.05) is 17.7 Å². The van der Waals surface area contributed by atoms with E-state index < -0.39 is 18.6 Å². The molecule has 120 valence electrons. The van der Waals surface area contributed by atoms with Gasteiger partial charge >= 0.3 is 6.18 Å². The van der Waals surface area contributed by atoms with Crippen molar-refractivity contribution < 1.29 is 18.3 Å². The lowest BCUT2D eigenvalue weighted by Gasteiger charge is -2.36. The molecule has 21 heavy (non-hydrogen) atoms. The molecule has 1 saturated heterocycles. The lowest BCUT2D eigenvalue weighted by molar-refractivity contribution is -0.148. The van der Waals surface area contributed by atoms with Crippen LogP contribution in [0.3, 0.4) is 0 Å². The third-order valence-electron chi connectivity index (χ3n) is 3.56. The van der Waals surface area contributed by atoms with E-state index in [0.717, 1.165) is 5.56 Å². The number of phenols is 1. The molecule has 0 radical (unpaired) electrons. The smallest absolute Gasteiger partial charge is 0.390 e. The molecule has 1 fully saturated rings. The van der Waals surface area contributed by atoms with E-state index in [9.17, 15) is 18.3 Å². The summed E-state index contributed by atoms with van der Waals surface area (Å²) in [5.74, 6) is -0.0663. The van der Waals surface area contributed by atoms with Gasteiger partial charge in [-0.2, -0.15) is 13.2 Å². The average molecular weight is 325 g/mol. The highest BCUT2D eigenvalue weighted by atomic mass is 35.5. The van der Waals surface area contributed by atoms with Crippen molar-refractivity contribution in [1.29, 1.82) is 0 Å². The summed E-state index contributed by atoms with van der Waals surface area (Å²) >= 11 is 0. The number of piperazine rings is 1. The number of hydrogen-bond donors (Lipinski definition) is 2. The van der Waals surface area contributed by atoms with Crippen LogP contribution >= 0.6 is 12.4 Å². The number of halogens is 4. The second-order valence-electron chi connectivity index (χ2n) is 5.18. The Morgan fingerprint density at radius 3 is 2.48 bits per heavy atom. The molecule has 1 aromatic carbocycles. The van der Waals surface area contributed by atoms with Crippen molar-refractivity contribution in [3.8, 4) is 5.75 Å². The Bertz CT molecular complexity index is 462. The maximum atomic E-state index is 12.9. The molecule has 2 rings (SSSR count). The standard InChI is InChI=1S/C14H19F3N2O.ClH/c1-10-2-3-13(20)11(8-10)12(9-14(15,16)17)19-6-4-18-5-7-19;/h2-3,8,12,18,20H,4-7,9H2,1H3;1H/t12-;/m0./s1. The second kappa shape index (κ2) is 7.33. The molecule has 0 amide bonds. The molecular weight excluding hydrogens is 305 g/mol. The van der Waals surface area contributed by atoms with Crippen LogP contribution in [0.25, 0.3) is 0 Å². The van der Waals surface area contributed by atoms with Crippen LogP contribution in [0.15, 0.2) is 18.2 Å². The Hall–Kier alpha value is -0.980. The van der Waals surface area contributed by atoms with E-state index in [1.165, 1.54) is 6.07 Å². The third kappa shape index (κ3) is 5.05. The predicted molar refractivity (Wildman–Crippen MR) is 77.9 cm³/mol. The van der Waals surface area contributed by atoms with E-state index >= 15 is 0 Å². The Morgan fingerprint density at radius 1 is 1.29 bits per heavy atom. The number of benzene rings is 1. The Morgan fingerprint density at radius 2 is 1.90 bits per heavy atom. The minimum atomic E-state index is -4.26. The number of alkyl halides is 3. The van der Waals surface area contributed by atoms with Crippen molar-refractivity contribution in [2.24, 2.45) is 0 Å². The van der Waals surface area contributed by atoms with Crippen LogP contribution in [0.1, 0.15) is 23.6 Å². The van der Waals surface area contributed by atoms with Gasteiger partial charge in [-0.3, -0.25) is 4.90 Å². The summed E-state index contributed by atoms with van der Waals surface area (Å²) in [6.07, 6.45) is -5.20. The quantitative estimate of drug-likeness (QED) is 0.897. The predicted octanol–water partition coefficient (Wildman–Crippen LogP) is 3.02. The van der Waals surface area contributed by atoms with E-state index in [0.29, 0.717) is 31.7 Å². The number of rotatable bonds is 3. The molecule has 0 unspecified atom stereocenters. The van der Waals surface area contributed by atoms with Gasteiger partial charge in [0.25, 0.3) is 0 Å². The van der Waals surface area contributed by atoms with Crippen molar-refractivity contribution >= 4 is 12.4 Å². The fraction of sp³-hybridized carbons (Fsp3) is 0.571. The maximum Gasteiger partial charge on any atom is 0.390 e. The fourth-order valence-electron chi connectivity index (χ4n) is 2.59. The SMILES string of the molecule is Cc1ccc(O)c([C@H](CC(F)(F)F)N2CCNCC2)c1.Cl. The monoisotopic (exact) mass is 324 g/mol. The Labute approximate surface area is 128 Å². The molecule has 0 aliphatic carbocycles. The van der Waals surface area contributed by atoms with Gasteiger partial charge in [0.05, 0.1) is 6.42 Å². The summed E-state index contributed by atoms with van der Waals surface area (Å²) in [4.78, 5) is 1.79. The third-order valence-corrected chi connectivity index (χ3v) is 3.56. The van der Waals surface area contributed by atoms with Gasteiger partial charge < -0.3 is 10.4 Å². The van der Waals surface area contributed by atoms with Gasteiger partial charge in [0.1, 0.15) is 5.75 Å². The Kier molecular flexibility index (Phi) is 6.31. The molecular formula is C14H20ClF3N2O. The highest BCUT2D eigenvalue weighted by molar-refractivity contribution is 5.85. The van der Waals surface area contributed by atoms with Gasteiger partial charge in [0, 0.05) is 37.8 Å². The van der Waals surface area contributed by atoms with E-state index in [1.807, 2.05) is 6.92 Å². The van der Waals surface area contributed by atoms with E-state index in [1.54, 1.807) is 17.0 Å². The minimum absolute atomic E-state index is 0. The molecule has 7 heteroatoms. The van der Waals surface area contributed by atoms with Crippen molar-refractivity contribution in [1.82, 2.24) is 10.2 Å². The molecule has 1 aliphatic heterocycles. The highest BCUT2D eigenvalue weighted by Gasteiger charge is 2.37. The number of aryl methyl sites for hydroxylation is 1. The largest absolute Gasteiger partial charge is 0.508 e. The van der Waals surface area contributed by atoms with E-state index in [4.69, 9.17) is 0 Å². The first kappa shape index (κ1) is 18.1. The second-order valence-corrected chi connectivity index (χ2v) is 5.18. The highest BCUT2D eigenvalue weighted by Crippen LogP contribution is 2.37. The molecule has 1 heterocycles. The van der Waals surface area contributed by atoms with Crippen LogP contribution in [0.5, 0.6) is 5.75 Å². The molecule has 1 aromatic rings. The van der Waals surface area contributed by atoms with Crippen molar-refractivity contribution in [2.45, 2.75) is 25.6 Å². The first-order valence-electron chi connectivity index (χ1n) is 6.68. The van der Waals surface area contributed by atoms with Gasteiger partial charge in [-0.05, 0) is 13.0 Å². The zero-order valence-corrected chi connectivity index (χ0v) is 12.6. The van der Waals surface area contributed by atoms with Crippen molar-refractivity contribution in [3.63, 3.8) is 0 Å². The molecule has 0 bridgehead atoms. The van der Waals surface area contributed by atoms with Crippen molar-refractivity contribution in [3.05, 3.63) is 29.3 Å². The van der Waals surface area contributed by atoms with E-state index in [2.05, 4.69) is 5.32 Å². The summed E-state index contributed by atoms with van der Waals surface area (Å²) < 4.78 is 38.6. The number of nitrogens with one attached hydrogen (secondary N) is 1. The van der Waals surface area contributed by atoms with Gasteiger partial charge in [0.2, 0.25) is 0 Å². The molecule has 0 spiro atoms. The van der Waals surface area contributed by atoms with Gasteiger partial charge in [-0.25, -0.2) is 0 Å². The van der Waals surface area contributed by atoms with Crippen LogP contribution in [-0.2, 0) is 0 Å². The average Bonchev–Trinajstić information content (AvgIpc) is 2.39. The Balaban J connectivity index is 0.00000220. The summed E-state index contributed by atoms with van der Waals surface area (Å²) in [5.41, 5.74) is 1.21. The molecule has 2 N–H and O–H groups in total. The summed E-state index contributed by atoms with van der Waals surface area (Å²) in [6, 6.07) is 3.99. The van der Waals surface area contributed by atoms with E-state index in [-0.39, 0.29) is 18.2 Å².